The predicted molar refractivity (Wildman–Crippen MR) is 77.3 cm³/mol. The first kappa shape index (κ1) is 14.8. The first-order chi connectivity index (χ1) is 9.08. The number of rotatable bonds is 4. The van der Waals surface area contributed by atoms with Gasteiger partial charge in [0.25, 0.3) is 0 Å². The van der Waals surface area contributed by atoms with Gasteiger partial charge in [0.2, 0.25) is 10.0 Å². The average molecular weight is 297 g/mol. The lowest BCUT2D eigenvalue weighted by atomic mass is 9.96. The molecule has 0 bridgehead atoms. The lowest BCUT2D eigenvalue weighted by Gasteiger charge is -2.20. The number of carboxylic acid groups (broad SMARTS) is 1. The van der Waals surface area contributed by atoms with Crippen LogP contribution < -0.4 is 4.72 Å². The lowest BCUT2D eigenvalue weighted by molar-refractivity contribution is -0.140. The third kappa shape index (κ3) is 2.52. The van der Waals surface area contributed by atoms with Crippen LogP contribution in [0.4, 0.5) is 5.69 Å². The highest BCUT2D eigenvalue weighted by molar-refractivity contribution is 7.94. The van der Waals surface area contributed by atoms with Crippen LogP contribution in [0.5, 0.6) is 0 Å². The van der Waals surface area contributed by atoms with Gasteiger partial charge < -0.3 is 5.11 Å². The van der Waals surface area contributed by atoms with Crippen molar-refractivity contribution in [2.75, 3.05) is 4.72 Å². The zero-order chi connectivity index (χ0) is 15.2. The number of carbonyl (C=O) groups is 1. The summed E-state index contributed by atoms with van der Waals surface area (Å²) >= 11 is 0. The molecule has 2 rings (SSSR count). The van der Waals surface area contributed by atoms with Gasteiger partial charge in [0.1, 0.15) is 0 Å². The number of carboxylic acids is 1. The summed E-state index contributed by atoms with van der Waals surface area (Å²) in [6.45, 7) is 4.86. The Kier molecular flexibility index (Phi) is 3.32. The van der Waals surface area contributed by atoms with Gasteiger partial charge in [-0.1, -0.05) is 12.1 Å². The summed E-state index contributed by atoms with van der Waals surface area (Å²) in [5.41, 5.74) is 0.412. The van der Waals surface area contributed by atoms with Crippen LogP contribution in [-0.2, 0) is 20.2 Å². The van der Waals surface area contributed by atoms with Crippen LogP contribution in [0.3, 0.4) is 0 Å². The number of nitrogens with one attached hydrogen (secondary N) is 1. The summed E-state index contributed by atoms with van der Waals surface area (Å²) in [4.78, 5) is 11.2. The summed E-state index contributed by atoms with van der Waals surface area (Å²) in [7, 11) is -3.47. The van der Waals surface area contributed by atoms with Crippen molar-refractivity contribution in [1.82, 2.24) is 0 Å². The Bertz CT molecular complexity index is 622. The second kappa shape index (κ2) is 4.48. The summed E-state index contributed by atoms with van der Waals surface area (Å²) in [6.07, 6.45) is 1.27. The van der Waals surface area contributed by atoms with E-state index in [4.69, 9.17) is 0 Å². The number of hydrogen-bond acceptors (Lipinski definition) is 3. The van der Waals surface area contributed by atoms with Gasteiger partial charge in [-0.25, -0.2) is 8.42 Å². The molecule has 0 aromatic heterocycles. The van der Waals surface area contributed by atoms with Crippen molar-refractivity contribution in [1.29, 1.82) is 0 Å². The minimum Gasteiger partial charge on any atom is -0.481 e. The van der Waals surface area contributed by atoms with Gasteiger partial charge in [0.05, 0.1) is 10.2 Å². The molecule has 1 saturated carbocycles. The monoisotopic (exact) mass is 297 g/mol. The zero-order valence-electron chi connectivity index (χ0n) is 11.8. The highest BCUT2D eigenvalue weighted by Crippen LogP contribution is 2.48. The molecule has 1 aromatic rings. The van der Waals surface area contributed by atoms with E-state index in [9.17, 15) is 18.3 Å². The Morgan fingerprint density at radius 1 is 1.20 bits per heavy atom. The molecular formula is C14H19NO4S. The van der Waals surface area contributed by atoms with E-state index in [-0.39, 0.29) is 0 Å². The first-order valence-electron chi connectivity index (χ1n) is 6.45. The van der Waals surface area contributed by atoms with E-state index in [0.717, 1.165) is 5.56 Å². The van der Waals surface area contributed by atoms with Gasteiger partial charge >= 0.3 is 5.97 Å². The van der Waals surface area contributed by atoms with Crippen LogP contribution in [0.25, 0.3) is 0 Å². The van der Waals surface area contributed by atoms with E-state index in [1.807, 2.05) is 0 Å². The number of aliphatic carboxylic acids is 1. The Morgan fingerprint density at radius 3 is 2.05 bits per heavy atom. The first-order valence-corrected chi connectivity index (χ1v) is 7.93. The third-order valence-electron chi connectivity index (χ3n) is 3.66. The number of hydrogen-bond donors (Lipinski definition) is 2. The second-order valence-electron chi connectivity index (χ2n) is 6.18. The van der Waals surface area contributed by atoms with E-state index < -0.39 is 26.2 Å². The van der Waals surface area contributed by atoms with Crippen molar-refractivity contribution in [3.8, 4) is 0 Å². The van der Waals surface area contributed by atoms with Crippen LogP contribution >= 0.6 is 0 Å². The molecule has 0 atom stereocenters. The molecule has 0 amide bonds. The summed E-state index contributed by atoms with van der Waals surface area (Å²) < 4.78 is 25.7. The van der Waals surface area contributed by atoms with Crippen LogP contribution in [0.15, 0.2) is 24.3 Å². The number of anilines is 1. The zero-order valence-corrected chi connectivity index (χ0v) is 12.6. The molecule has 2 N–H and O–H groups in total. The van der Waals surface area contributed by atoms with Crippen LogP contribution in [0, 0.1) is 0 Å². The van der Waals surface area contributed by atoms with Crippen molar-refractivity contribution < 1.29 is 18.3 Å². The van der Waals surface area contributed by atoms with E-state index >= 15 is 0 Å². The molecule has 0 heterocycles. The van der Waals surface area contributed by atoms with Crippen molar-refractivity contribution >= 4 is 21.7 Å². The standard InChI is InChI=1S/C14H19NO4S/c1-13(2,3)20(18,19)15-11-6-4-10(5-7-11)14(8-9-14)12(16)17/h4-7,15H,8-9H2,1-3H3,(H,16,17). The molecule has 5 nitrogen and oxygen atoms in total. The maximum Gasteiger partial charge on any atom is 0.314 e. The Balaban J connectivity index is 2.21. The largest absolute Gasteiger partial charge is 0.481 e. The van der Waals surface area contributed by atoms with Gasteiger partial charge in [-0.3, -0.25) is 9.52 Å². The number of benzene rings is 1. The van der Waals surface area contributed by atoms with E-state index in [1.54, 1.807) is 45.0 Å². The van der Waals surface area contributed by atoms with Gasteiger partial charge in [0, 0.05) is 5.69 Å². The molecule has 1 aliphatic carbocycles. The molecular weight excluding hydrogens is 278 g/mol. The average Bonchev–Trinajstić information content (AvgIpc) is 3.09. The van der Waals surface area contributed by atoms with E-state index in [0.29, 0.717) is 18.5 Å². The Hall–Kier alpha value is -1.56. The van der Waals surface area contributed by atoms with Crippen molar-refractivity contribution in [2.24, 2.45) is 0 Å². The van der Waals surface area contributed by atoms with Crippen molar-refractivity contribution in [3.63, 3.8) is 0 Å². The highest BCUT2D eigenvalue weighted by atomic mass is 32.2. The SMILES string of the molecule is CC(C)(C)S(=O)(=O)Nc1ccc(C2(C(=O)O)CC2)cc1. The van der Waals surface area contributed by atoms with Crippen molar-refractivity contribution in [3.05, 3.63) is 29.8 Å². The molecule has 1 aromatic carbocycles. The molecule has 0 spiro atoms. The van der Waals surface area contributed by atoms with Gasteiger partial charge in [-0.05, 0) is 51.3 Å². The predicted octanol–water partition coefficient (Wildman–Crippen LogP) is 2.34. The summed E-state index contributed by atoms with van der Waals surface area (Å²) in [5.74, 6) is -0.819. The highest BCUT2D eigenvalue weighted by Gasteiger charge is 2.51. The fraction of sp³-hybridized carbons (Fsp3) is 0.500. The van der Waals surface area contributed by atoms with E-state index in [1.165, 1.54) is 0 Å². The van der Waals surface area contributed by atoms with Gasteiger partial charge in [0.15, 0.2) is 0 Å². The minimum absolute atomic E-state index is 0.449. The molecule has 1 fully saturated rings. The summed E-state index contributed by atoms with van der Waals surface area (Å²) in [6, 6.07) is 6.59. The van der Waals surface area contributed by atoms with Gasteiger partial charge in [-0.15, -0.1) is 0 Å². The molecule has 0 saturated heterocycles. The fourth-order valence-corrected chi connectivity index (χ4v) is 2.67. The number of sulfonamides is 1. The van der Waals surface area contributed by atoms with Crippen LogP contribution in [-0.4, -0.2) is 24.2 Å². The fourth-order valence-electron chi connectivity index (χ4n) is 1.92. The van der Waals surface area contributed by atoms with Crippen LogP contribution in [0.1, 0.15) is 39.2 Å². The maximum absolute atomic E-state index is 12.0. The van der Waals surface area contributed by atoms with Crippen molar-refractivity contribution in [2.45, 2.75) is 43.8 Å². The molecule has 0 unspecified atom stereocenters. The third-order valence-corrected chi connectivity index (χ3v) is 5.77. The lowest BCUT2D eigenvalue weighted by Crippen LogP contribution is -2.33. The smallest absolute Gasteiger partial charge is 0.314 e. The Labute approximate surface area is 119 Å². The maximum atomic E-state index is 12.0. The summed E-state index contributed by atoms with van der Waals surface area (Å²) in [5, 5.41) is 9.21. The molecule has 6 heteroatoms. The molecule has 0 aliphatic heterocycles. The molecule has 20 heavy (non-hydrogen) atoms. The second-order valence-corrected chi connectivity index (χ2v) is 8.62. The minimum atomic E-state index is -3.47. The molecule has 0 radical (unpaired) electrons. The Morgan fingerprint density at radius 2 is 1.70 bits per heavy atom. The normalized spacial score (nSPS) is 17.6. The van der Waals surface area contributed by atoms with E-state index in [2.05, 4.69) is 4.72 Å². The van der Waals surface area contributed by atoms with Crippen LogP contribution in [0.2, 0.25) is 0 Å². The molecule has 1 aliphatic rings. The molecule has 110 valence electrons. The topological polar surface area (TPSA) is 83.5 Å². The quantitative estimate of drug-likeness (QED) is 0.893. The van der Waals surface area contributed by atoms with Gasteiger partial charge in [-0.2, -0.15) is 0 Å².